The summed E-state index contributed by atoms with van der Waals surface area (Å²) in [4.78, 5) is 4.51. The van der Waals surface area contributed by atoms with Crippen molar-refractivity contribution in [3.63, 3.8) is 0 Å². The lowest BCUT2D eigenvalue weighted by Crippen LogP contribution is -1.95. The number of pyridine rings is 1. The van der Waals surface area contributed by atoms with E-state index in [2.05, 4.69) is 179 Å². The number of hydrogen-bond acceptors (Lipinski definition) is 1. The highest BCUT2D eigenvalue weighted by Gasteiger charge is 2.18. The van der Waals surface area contributed by atoms with Gasteiger partial charge >= 0.3 is 0 Å². The summed E-state index contributed by atoms with van der Waals surface area (Å²) in [7, 11) is 0. The molecular formula is C49H30N2. The Morgan fingerprint density at radius 2 is 0.980 bits per heavy atom. The Labute approximate surface area is 294 Å². The molecule has 0 aliphatic carbocycles. The Hall–Kier alpha value is -6.77. The van der Waals surface area contributed by atoms with Gasteiger partial charge in [-0.15, -0.1) is 0 Å². The molecule has 0 radical (unpaired) electrons. The third-order valence-electron chi connectivity index (χ3n) is 10.8. The van der Waals surface area contributed by atoms with Crippen LogP contribution in [0.5, 0.6) is 0 Å². The van der Waals surface area contributed by atoms with E-state index in [1.807, 2.05) is 12.3 Å². The predicted octanol–water partition coefficient (Wildman–Crippen LogP) is 13.2. The molecule has 2 heterocycles. The molecular weight excluding hydrogens is 617 g/mol. The molecule has 0 bridgehead atoms. The molecule has 11 rings (SSSR count). The number of rotatable bonds is 4. The Morgan fingerprint density at radius 3 is 1.73 bits per heavy atom. The first-order valence-electron chi connectivity index (χ1n) is 17.5. The zero-order chi connectivity index (χ0) is 33.5. The van der Waals surface area contributed by atoms with Gasteiger partial charge in [-0.25, -0.2) is 0 Å². The van der Waals surface area contributed by atoms with Gasteiger partial charge in [0.2, 0.25) is 0 Å². The van der Waals surface area contributed by atoms with Crippen LogP contribution >= 0.6 is 0 Å². The van der Waals surface area contributed by atoms with E-state index in [9.17, 15) is 0 Å². The van der Waals surface area contributed by atoms with Gasteiger partial charge in [0.25, 0.3) is 0 Å². The van der Waals surface area contributed by atoms with Gasteiger partial charge in [-0.3, -0.25) is 4.98 Å². The number of nitrogens with zero attached hydrogens (tertiary/aromatic N) is 2. The van der Waals surface area contributed by atoms with E-state index < -0.39 is 0 Å². The molecule has 0 N–H and O–H groups in total. The van der Waals surface area contributed by atoms with Crippen molar-refractivity contribution in [2.24, 2.45) is 0 Å². The molecule has 0 saturated heterocycles. The lowest BCUT2D eigenvalue weighted by molar-refractivity contribution is 1.18. The third-order valence-corrected chi connectivity index (χ3v) is 10.8. The second kappa shape index (κ2) is 10.9. The smallest absolute Gasteiger partial charge is 0.0702 e. The lowest BCUT2D eigenvalue weighted by Gasteiger charge is -2.19. The molecule has 0 atom stereocenters. The molecule has 2 aromatic heterocycles. The topological polar surface area (TPSA) is 17.8 Å². The fraction of sp³-hybridized carbons (Fsp3) is 0. The highest BCUT2D eigenvalue weighted by Crippen LogP contribution is 2.45. The summed E-state index contributed by atoms with van der Waals surface area (Å²) < 4.78 is 2.41. The maximum atomic E-state index is 4.51. The second-order valence-electron chi connectivity index (χ2n) is 13.6. The van der Waals surface area contributed by atoms with Gasteiger partial charge in [-0.2, -0.15) is 0 Å². The van der Waals surface area contributed by atoms with Crippen molar-refractivity contribution in [1.82, 2.24) is 9.55 Å². The van der Waals surface area contributed by atoms with Gasteiger partial charge in [-0.1, -0.05) is 127 Å². The van der Waals surface area contributed by atoms with Gasteiger partial charge < -0.3 is 4.57 Å². The average molecular weight is 647 g/mol. The number of para-hydroxylation sites is 2. The standard InChI is InChI=1S/C49H30N2/c1-3-15-46-39(13-1)40-14-2-4-16-47(40)51(46)38-12-6-10-36(29-38)44-30-43(41-24-21-33-8-5-9-34-22-25-42(44)49(41)48(33)34)32-19-17-31(18-20-32)35-23-26-45-37(28-35)11-7-27-50-45/h1-30H. The van der Waals surface area contributed by atoms with Crippen molar-refractivity contribution in [3.8, 4) is 39.1 Å². The zero-order valence-corrected chi connectivity index (χ0v) is 27.7. The van der Waals surface area contributed by atoms with Gasteiger partial charge in [0, 0.05) is 28.0 Å². The summed E-state index contributed by atoms with van der Waals surface area (Å²) >= 11 is 0. The highest BCUT2D eigenvalue weighted by atomic mass is 15.0. The lowest BCUT2D eigenvalue weighted by atomic mass is 9.85. The van der Waals surface area contributed by atoms with Crippen molar-refractivity contribution >= 4 is 65.0 Å². The van der Waals surface area contributed by atoms with Crippen molar-refractivity contribution in [2.75, 3.05) is 0 Å². The fourth-order valence-electron chi connectivity index (χ4n) is 8.42. The van der Waals surface area contributed by atoms with E-state index in [0.717, 1.165) is 16.6 Å². The van der Waals surface area contributed by atoms with E-state index in [1.165, 1.54) is 87.5 Å². The molecule has 236 valence electrons. The molecule has 0 amide bonds. The minimum absolute atomic E-state index is 1.02. The third kappa shape index (κ3) is 4.27. The summed E-state index contributed by atoms with van der Waals surface area (Å²) in [6.07, 6.45) is 1.85. The van der Waals surface area contributed by atoms with Crippen LogP contribution in [0.15, 0.2) is 182 Å². The Bertz CT molecular complexity index is 3060. The quantitative estimate of drug-likeness (QED) is 0.174. The second-order valence-corrected chi connectivity index (χ2v) is 13.6. The number of benzene rings is 9. The van der Waals surface area contributed by atoms with Crippen LogP contribution in [0.1, 0.15) is 0 Å². The first-order valence-corrected chi connectivity index (χ1v) is 17.5. The Balaban J connectivity index is 1.13. The molecule has 0 fully saturated rings. The summed E-state index contributed by atoms with van der Waals surface area (Å²) in [6.45, 7) is 0. The predicted molar refractivity (Wildman–Crippen MR) is 216 cm³/mol. The average Bonchev–Trinajstić information content (AvgIpc) is 3.54. The van der Waals surface area contributed by atoms with E-state index in [-0.39, 0.29) is 0 Å². The van der Waals surface area contributed by atoms with Crippen molar-refractivity contribution in [3.05, 3.63) is 182 Å². The highest BCUT2D eigenvalue weighted by molar-refractivity contribution is 6.28. The molecule has 2 nitrogen and oxygen atoms in total. The first-order chi connectivity index (χ1) is 25.3. The molecule has 51 heavy (non-hydrogen) atoms. The van der Waals surface area contributed by atoms with E-state index in [1.54, 1.807) is 0 Å². The summed E-state index contributed by atoms with van der Waals surface area (Å²) in [5, 5.41) is 11.4. The van der Waals surface area contributed by atoms with E-state index >= 15 is 0 Å². The molecule has 9 aromatic carbocycles. The fourth-order valence-corrected chi connectivity index (χ4v) is 8.42. The zero-order valence-electron chi connectivity index (χ0n) is 27.7. The van der Waals surface area contributed by atoms with Crippen LogP contribution in [0.25, 0.3) is 104 Å². The van der Waals surface area contributed by atoms with Crippen LogP contribution < -0.4 is 0 Å². The molecule has 0 saturated carbocycles. The van der Waals surface area contributed by atoms with Crippen LogP contribution in [-0.2, 0) is 0 Å². The Morgan fingerprint density at radius 1 is 0.353 bits per heavy atom. The number of aromatic nitrogens is 2. The number of hydrogen-bond donors (Lipinski definition) is 0. The van der Waals surface area contributed by atoms with Crippen LogP contribution in [0.4, 0.5) is 0 Å². The van der Waals surface area contributed by atoms with Crippen molar-refractivity contribution in [1.29, 1.82) is 0 Å². The SMILES string of the molecule is c1cc(-c2cc(-c3ccc(-c4ccc5ncccc5c4)cc3)c3ccc4cccc5ccc2c3c45)cc(-n2c3ccccc3c3ccccc32)c1. The molecule has 0 aliphatic heterocycles. The summed E-state index contributed by atoms with van der Waals surface area (Å²) in [5.41, 5.74) is 11.9. The van der Waals surface area contributed by atoms with Gasteiger partial charge in [0.15, 0.2) is 0 Å². The monoisotopic (exact) mass is 646 g/mol. The minimum atomic E-state index is 1.02. The molecule has 0 aliphatic rings. The maximum absolute atomic E-state index is 4.51. The normalized spacial score (nSPS) is 11.9. The van der Waals surface area contributed by atoms with Gasteiger partial charge in [-0.05, 0) is 114 Å². The number of fused-ring (bicyclic) bond motifs is 4. The molecule has 11 aromatic rings. The summed E-state index contributed by atoms with van der Waals surface area (Å²) in [5.74, 6) is 0. The maximum Gasteiger partial charge on any atom is 0.0702 e. The summed E-state index contributed by atoms with van der Waals surface area (Å²) in [6, 6.07) is 64.6. The first kappa shape index (κ1) is 28.1. The molecule has 0 spiro atoms. The van der Waals surface area contributed by atoms with Gasteiger partial charge in [0.1, 0.15) is 0 Å². The largest absolute Gasteiger partial charge is 0.309 e. The van der Waals surface area contributed by atoms with Crippen molar-refractivity contribution < 1.29 is 0 Å². The van der Waals surface area contributed by atoms with Crippen molar-refractivity contribution in [2.45, 2.75) is 0 Å². The molecule has 0 unspecified atom stereocenters. The van der Waals surface area contributed by atoms with Crippen LogP contribution in [0.2, 0.25) is 0 Å². The van der Waals surface area contributed by atoms with E-state index in [4.69, 9.17) is 0 Å². The van der Waals surface area contributed by atoms with E-state index in [0.29, 0.717) is 0 Å². The Kier molecular flexibility index (Phi) is 5.99. The van der Waals surface area contributed by atoms with Gasteiger partial charge in [0.05, 0.1) is 16.6 Å². The van der Waals surface area contributed by atoms with Crippen LogP contribution in [0, 0.1) is 0 Å². The minimum Gasteiger partial charge on any atom is -0.309 e. The molecule has 2 heteroatoms. The van der Waals surface area contributed by atoms with Crippen LogP contribution in [-0.4, -0.2) is 9.55 Å². The van der Waals surface area contributed by atoms with Crippen LogP contribution in [0.3, 0.4) is 0 Å².